The van der Waals surface area contributed by atoms with Gasteiger partial charge in [-0.3, -0.25) is 4.90 Å². The van der Waals surface area contributed by atoms with Gasteiger partial charge in [0.25, 0.3) is 0 Å². The largest absolute Gasteiger partial charge is 0.409 e. The third kappa shape index (κ3) is 1.42. The van der Waals surface area contributed by atoms with E-state index in [9.17, 15) is 5.11 Å². The minimum absolute atomic E-state index is 0.0241. The second kappa shape index (κ2) is 3.85. The monoisotopic (exact) mass is 239 g/mol. The summed E-state index contributed by atoms with van der Waals surface area (Å²) in [7, 11) is 0. The quantitative estimate of drug-likeness (QED) is 0.285. The molecule has 4 N–H and O–H groups in total. The number of likely N-dealkylation sites (tertiary alicyclic amines) is 1. The summed E-state index contributed by atoms with van der Waals surface area (Å²) in [6.07, 6.45) is 2.94. The summed E-state index contributed by atoms with van der Waals surface area (Å²) in [5, 5.41) is 22.3. The molecule has 0 aromatic rings. The SMILES string of the molecule is CCC(C(N)=NO)N1CC2CC3CC2C1C3O. The summed E-state index contributed by atoms with van der Waals surface area (Å²) < 4.78 is 0. The summed E-state index contributed by atoms with van der Waals surface area (Å²) in [6.45, 7) is 3.04. The Kier molecular flexibility index (Phi) is 2.56. The van der Waals surface area contributed by atoms with Crippen LogP contribution in [0.4, 0.5) is 0 Å². The van der Waals surface area contributed by atoms with Crippen LogP contribution >= 0.6 is 0 Å². The molecule has 0 radical (unpaired) electrons. The van der Waals surface area contributed by atoms with Gasteiger partial charge >= 0.3 is 0 Å². The number of hydrogen-bond acceptors (Lipinski definition) is 4. The van der Waals surface area contributed by atoms with Gasteiger partial charge < -0.3 is 16.0 Å². The summed E-state index contributed by atoms with van der Waals surface area (Å²) in [5.74, 6) is 2.12. The van der Waals surface area contributed by atoms with Gasteiger partial charge in [0, 0.05) is 12.6 Å². The van der Waals surface area contributed by atoms with Crippen LogP contribution in [0.2, 0.25) is 0 Å². The highest BCUT2D eigenvalue weighted by Crippen LogP contribution is 2.55. The number of rotatable bonds is 3. The van der Waals surface area contributed by atoms with Crippen molar-refractivity contribution in [3.63, 3.8) is 0 Å². The maximum Gasteiger partial charge on any atom is 0.156 e. The molecular formula is C12H21N3O2. The van der Waals surface area contributed by atoms with Gasteiger partial charge in [-0.1, -0.05) is 12.1 Å². The van der Waals surface area contributed by atoms with E-state index in [1.165, 1.54) is 6.42 Å². The number of hydrogen-bond donors (Lipinski definition) is 3. The molecule has 5 nitrogen and oxygen atoms in total. The van der Waals surface area contributed by atoms with Crippen LogP contribution in [0.3, 0.4) is 0 Å². The first kappa shape index (κ1) is 11.3. The van der Waals surface area contributed by atoms with Crippen LogP contribution in [-0.2, 0) is 0 Å². The topological polar surface area (TPSA) is 82.1 Å². The summed E-state index contributed by atoms with van der Waals surface area (Å²) in [5.41, 5.74) is 5.77. The fourth-order valence-corrected chi connectivity index (χ4v) is 4.49. The first-order chi connectivity index (χ1) is 8.17. The molecule has 6 atom stereocenters. The maximum atomic E-state index is 10.3. The van der Waals surface area contributed by atoms with Crippen LogP contribution < -0.4 is 5.73 Å². The van der Waals surface area contributed by atoms with Crippen molar-refractivity contribution in [1.82, 2.24) is 4.90 Å². The molecule has 2 saturated carbocycles. The molecule has 0 amide bonds. The van der Waals surface area contributed by atoms with E-state index < -0.39 is 0 Å². The van der Waals surface area contributed by atoms with Gasteiger partial charge in [0.2, 0.25) is 0 Å². The normalized spacial score (nSPS) is 46.7. The molecule has 96 valence electrons. The zero-order chi connectivity index (χ0) is 12.2. The lowest BCUT2D eigenvalue weighted by molar-refractivity contribution is 0.0434. The molecule has 3 fully saturated rings. The Hall–Kier alpha value is -0.810. The molecule has 1 heterocycles. The van der Waals surface area contributed by atoms with Gasteiger partial charge in [0.1, 0.15) is 0 Å². The van der Waals surface area contributed by atoms with Gasteiger partial charge in [-0.05, 0) is 37.0 Å². The lowest BCUT2D eigenvalue weighted by Crippen LogP contribution is -2.50. The van der Waals surface area contributed by atoms with Crippen molar-refractivity contribution in [1.29, 1.82) is 0 Å². The van der Waals surface area contributed by atoms with Gasteiger partial charge in [-0.2, -0.15) is 0 Å². The Morgan fingerprint density at radius 2 is 2.24 bits per heavy atom. The summed E-state index contributed by atoms with van der Waals surface area (Å²) in [6, 6.07) is 0.216. The second-order valence-electron chi connectivity index (χ2n) is 5.78. The van der Waals surface area contributed by atoms with E-state index in [0.29, 0.717) is 17.8 Å². The highest BCUT2D eigenvalue weighted by Gasteiger charge is 2.59. The van der Waals surface area contributed by atoms with E-state index in [4.69, 9.17) is 10.9 Å². The molecule has 2 aliphatic carbocycles. The molecule has 1 saturated heterocycles. The molecule has 0 aromatic heterocycles. The fraction of sp³-hybridized carbons (Fsp3) is 0.917. The molecule has 5 heteroatoms. The highest BCUT2D eigenvalue weighted by atomic mass is 16.4. The molecule has 6 unspecified atom stereocenters. The molecular weight excluding hydrogens is 218 g/mol. The minimum Gasteiger partial charge on any atom is -0.409 e. The van der Waals surface area contributed by atoms with E-state index >= 15 is 0 Å². The standard InChI is InChI=1S/C12H21N3O2/c1-2-9(12(13)14-17)15-5-7-3-6-4-8(7)10(15)11(6)16/h6-11,16-17H,2-5H2,1H3,(H2,13,14). The van der Waals surface area contributed by atoms with Crippen molar-refractivity contribution in [2.24, 2.45) is 28.6 Å². The summed E-state index contributed by atoms with van der Waals surface area (Å²) >= 11 is 0. The van der Waals surface area contributed by atoms with Crippen LogP contribution in [0.1, 0.15) is 26.2 Å². The number of aliphatic hydroxyl groups is 1. The Labute approximate surface area is 101 Å². The van der Waals surface area contributed by atoms with Crippen molar-refractivity contribution in [2.75, 3.05) is 6.54 Å². The molecule has 17 heavy (non-hydrogen) atoms. The molecule has 0 spiro atoms. The van der Waals surface area contributed by atoms with E-state index in [0.717, 1.165) is 19.4 Å². The van der Waals surface area contributed by atoms with E-state index in [1.807, 2.05) is 6.92 Å². The van der Waals surface area contributed by atoms with Gasteiger partial charge in [-0.25, -0.2) is 0 Å². The minimum atomic E-state index is -0.209. The third-order valence-electron chi connectivity index (χ3n) is 5.13. The van der Waals surface area contributed by atoms with Crippen LogP contribution in [-0.4, -0.2) is 45.8 Å². The van der Waals surface area contributed by atoms with Gasteiger partial charge in [0.05, 0.1) is 12.1 Å². The number of nitrogens with two attached hydrogens (primary N) is 1. The zero-order valence-electron chi connectivity index (χ0n) is 10.2. The van der Waals surface area contributed by atoms with Crippen LogP contribution in [0.15, 0.2) is 5.16 Å². The molecule has 3 rings (SSSR count). The van der Waals surface area contributed by atoms with Gasteiger partial charge in [-0.15, -0.1) is 0 Å². The lowest BCUT2D eigenvalue weighted by atomic mass is 9.88. The van der Waals surface area contributed by atoms with Crippen LogP contribution in [0.5, 0.6) is 0 Å². The van der Waals surface area contributed by atoms with Crippen LogP contribution in [0.25, 0.3) is 0 Å². The predicted octanol–water partition coefficient (Wildman–Crippen LogP) is 0.213. The Bertz CT molecular complexity index is 345. The van der Waals surface area contributed by atoms with Crippen molar-refractivity contribution in [2.45, 2.75) is 44.4 Å². The zero-order valence-corrected chi connectivity index (χ0v) is 10.2. The van der Waals surface area contributed by atoms with Crippen molar-refractivity contribution in [3.8, 4) is 0 Å². The Balaban J connectivity index is 1.85. The van der Waals surface area contributed by atoms with Crippen molar-refractivity contribution < 1.29 is 10.3 Å². The molecule has 3 aliphatic rings. The first-order valence-electron chi connectivity index (χ1n) is 6.58. The Morgan fingerprint density at radius 1 is 1.47 bits per heavy atom. The van der Waals surface area contributed by atoms with Gasteiger partial charge in [0.15, 0.2) is 5.84 Å². The molecule has 1 aliphatic heterocycles. The van der Waals surface area contributed by atoms with Crippen molar-refractivity contribution >= 4 is 5.84 Å². The number of oxime groups is 1. The fourth-order valence-electron chi connectivity index (χ4n) is 4.49. The maximum absolute atomic E-state index is 10.3. The predicted molar refractivity (Wildman–Crippen MR) is 63.7 cm³/mol. The average Bonchev–Trinajstić information content (AvgIpc) is 2.91. The van der Waals surface area contributed by atoms with Crippen LogP contribution in [0, 0.1) is 17.8 Å². The molecule has 0 aromatic carbocycles. The molecule has 2 bridgehead atoms. The highest BCUT2D eigenvalue weighted by molar-refractivity contribution is 5.85. The van der Waals surface area contributed by atoms with E-state index in [1.54, 1.807) is 0 Å². The van der Waals surface area contributed by atoms with Crippen molar-refractivity contribution in [3.05, 3.63) is 0 Å². The Morgan fingerprint density at radius 3 is 2.82 bits per heavy atom. The average molecular weight is 239 g/mol. The lowest BCUT2D eigenvalue weighted by Gasteiger charge is -2.33. The third-order valence-corrected chi connectivity index (χ3v) is 5.13. The number of amidine groups is 1. The second-order valence-corrected chi connectivity index (χ2v) is 5.78. The first-order valence-corrected chi connectivity index (χ1v) is 6.58. The van der Waals surface area contributed by atoms with E-state index in [-0.39, 0.29) is 24.0 Å². The summed E-state index contributed by atoms with van der Waals surface area (Å²) in [4.78, 5) is 2.28. The number of nitrogens with zero attached hydrogens (tertiary/aromatic N) is 2. The number of aliphatic hydroxyl groups excluding tert-OH is 1. The number of fused-ring (bicyclic) bond motifs is 1. The van der Waals surface area contributed by atoms with E-state index in [2.05, 4.69) is 10.1 Å². The smallest absolute Gasteiger partial charge is 0.156 e.